The molecule has 1 amide bonds. The summed E-state index contributed by atoms with van der Waals surface area (Å²) in [5, 5.41) is 19.6. The minimum Gasteiger partial charge on any atom is -0.493 e. The van der Waals surface area contributed by atoms with Crippen molar-refractivity contribution < 1.29 is 19.4 Å². The largest absolute Gasteiger partial charge is 0.493 e. The number of aromatic nitrogens is 4. The van der Waals surface area contributed by atoms with E-state index in [4.69, 9.17) is 21.1 Å². The van der Waals surface area contributed by atoms with E-state index in [0.717, 1.165) is 33.3 Å². The number of halogens is 1. The number of H-pyrrole nitrogens is 1. The minimum absolute atomic E-state index is 0.348. The Morgan fingerprint density at radius 3 is 2.66 bits per heavy atom. The first-order valence-corrected chi connectivity index (χ1v) is 13.9. The quantitative estimate of drug-likeness (QED) is 0.248. The van der Waals surface area contributed by atoms with Gasteiger partial charge in [-0.1, -0.05) is 46.6 Å². The molecule has 0 saturated carbocycles. The molecule has 210 valence electrons. The normalized spacial score (nSPS) is 15.5. The fraction of sp³-hybridized carbons (Fsp3) is 0.258. The van der Waals surface area contributed by atoms with Gasteiger partial charge in [0.05, 0.1) is 25.5 Å². The molecule has 2 atom stereocenters. The second kappa shape index (κ2) is 11.6. The van der Waals surface area contributed by atoms with Crippen LogP contribution in [0.2, 0.25) is 5.02 Å². The van der Waals surface area contributed by atoms with E-state index in [2.05, 4.69) is 15.3 Å². The lowest BCUT2D eigenvalue weighted by Crippen LogP contribution is -2.42. The van der Waals surface area contributed by atoms with Gasteiger partial charge in [-0.25, -0.2) is 9.48 Å². The molecule has 10 heteroatoms. The number of nitrogens with one attached hydrogen (secondary N) is 1. The van der Waals surface area contributed by atoms with Crippen molar-refractivity contribution in [2.75, 3.05) is 13.2 Å². The van der Waals surface area contributed by atoms with Crippen LogP contribution in [-0.4, -0.2) is 55.3 Å². The highest BCUT2D eigenvalue weighted by Crippen LogP contribution is 2.40. The first-order chi connectivity index (χ1) is 19.9. The lowest BCUT2D eigenvalue weighted by molar-refractivity contribution is 0.118. The second-order valence-corrected chi connectivity index (χ2v) is 10.7. The standard InChI is InChI=1S/C31H30ClN5O4/c1-20-2-7-25(8-3-20)41-31(39)37-15-12-26-27-18-22(32)6-11-28(27)34-29(26)30(37)21-4-9-24(10-5-21)40-17-13-23(38)19-36-16-14-33-35-36/h2-11,14,16,18,23,30,34,38H,12-13,15,17,19H2,1H3/t23?,30-/m0/s1. The maximum absolute atomic E-state index is 13.5. The van der Waals surface area contributed by atoms with E-state index in [9.17, 15) is 9.90 Å². The van der Waals surface area contributed by atoms with Crippen molar-refractivity contribution in [1.29, 1.82) is 0 Å². The van der Waals surface area contributed by atoms with Crippen LogP contribution < -0.4 is 9.47 Å². The predicted octanol–water partition coefficient (Wildman–Crippen LogP) is 5.70. The monoisotopic (exact) mass is 571 g/mol. The zero-order valence-electron chi connectivity index (χ0n) is 22.5. The molecule has 9 nitrogen and oxygen atoms in total. The predicted molar refractivity (Wildman–Crippen MR) is 155 cm³/mol. The molecule has 0 saturated heterocycles. The van der Waals surface area contributed by atoms with E-state index in [1.54, 1.807) is 34.1 Å². The van der Waals surface area contributed by atoms with Crippen molar-refractivity contribution >= 4 is 28.6 Å². The van der Waals surface area contributed by atoms with Crippen molar-refractivity contribution in [3.8, 4) is 11.5 Å². The van der Waals surface area contributed by atoms with Gasteiger partial charge in [-0.2, -0.15) is 0 Å². The highest BCUT2D eigenvalue weighted by atomic mass is 35.5. The molecule has 0 aliphatic carbocycles. The molecule has 3 aromatic carbocycles. The molecule has 6 rings (SSSR count). The molecular weight excluding hydrogens is 542 g/mol. The summed E-state index contributed by atoms with van der Waals surface area (Å²) >= 11 is 6.33. The van der Waals surface area contributed by atoms with E-state index >= 15 is 0 Å². The zero-order valence-corrected chi connectivity index (χ0v) is 23.3. The Hall–Kier alpha value is -4.34. The third kappa shape index (κ3) is 5.91. The number of aryl methyl sites for hydroxylation is 1. The Balaban J connectivity index is 1.23. The van der Waals surface area contributed by atoms with Crippen molar-refractivity contribution in [3.05, 3.63) is 107 Å². The number of benzene rings is 3. The van der Waals surface area contributed by atoms with Crippen molar-refractivity contribution in [3.63, 3.8) is 0 Å². The molecule has 1 aliphatic rings. The smallest absolute Gasteiger partial charge is 0.416 e. The molecule has 5 aromatic rings. The molecule has 0 fully saturated rings. The van der Waals surface area contributed by atoms with Gasteiger partial charge in [-0.3, -0.25) is 4.90 Å². The topological polar surface area (TPSA) is 106 Å². The van der Waals surface area contributed by atoms with Crippen LogP contribution in [0.15, 0.2) is 79.1 Å². The van der Waals surface area contributed by atoms with E-state index in [-0.39, 0.29) is 6.04 Å². The van der Waals surface area contributed by atoms with Crippen LogP contribution in [0.4, 0.5) is 4.79 Å². The van der Waals surface area contributed by atoms with Crippen LogP contribution >= 0.6 is 11.6 Å². The van der Waals surface area contributed by atoms with E-state index < -0.39 is 12.2 Å². The van der Waals surface area contributed by atoms with Crippen LogP contribution in [0.5, 0.6) is 11.5 Å². The fourth-order valence-electron chi connectivity index (χ4n) is 5.27. The molecule has 1 unspecified atom stereocenters. The van der Waals surface area contributed by atoms with Crippen LogP contribution in [-0.2, 0) is 13.0 Å². The number of hydrogen-bond donors (Lipinski definition) is 2. The zero-order chi connectivity index (χ0) is 28.3. The van der Waals surface area contributed by atoms with Crippen molar-refractivity contribution in [2.24, 2.45) is 0 Å². The van der Waals surface area contributed by atoms with Crippen LogP contribution in [0, 0.1) is 6.92 Å². The van der Waals surface area contributed by atoms with E-state index in [1.165, 1.54) is 0 Å². The number of fused-ring (bicyclic) bond motifs is 3. The third-order valence-corrected chi connectivity index (χ3v) is 7.57. The highest BCUT2D eigenvalue weighted by Gasteiger charge is 2.35. The summed E-state index contributed by atoms with van der Waals surface area (Å²) in [7, 11) is 0. The highest BCUT2D eigenvalue weighted by molar-refractivity contribution is 6.31. The second-order valence-electron chi connectivity index (χ2n) is 10.2. The molecular formula is C31H30ClN5O4. The van der Waals surface area contributed by atoms with Gasteiger partial charge in [0.25, 0.3) is 0 Å². The number of aliphatic hydroxyl groups is 1. The van der Waals surface area contributed by atoms with Gasteiger partial charge in [0.1, 0.15) is 17.5 Å². The number of carbonyl (C=O) groups is 1. The summed E-state index contributed by atoms with van der Waals surface area (Å²) in [6, 6.07) is 20.6. The van der Waals surface area contributed by atoms with Gasteiger partial charge >= 0.3 is 6.09 Å². The fourth-order valence-corrected chi connectivity index (χ4v) is 5.44. The molecule has 0 spiro atoms. The maximum atomic E-state index is 13.5. The lowest BCUT2D eigenvalue weighted by atomic mass is 9.92. The number of rotatable bonds is 8. The van der Waals surface area contributed by atoms with Crippen LogP contribution in [0.1, 0.15) is 34.8 Å². The molecule has 2 aromatic heterocycles. The summed E-state index contributed by atoms with van der Waals surface area (Å²) in [5.41, 5.74) is 5.08. The number of aromatic amines is 1. The summed E-state index contributed by atoms with van der Waals surface area (Å²) < 4.78 is 13.3. The first kappa shape index (κ1) is 26.9. The van der Waals surface area contributed by atoms with Gasteiger partial charge in [-0.05, 0) is 66.9 Å². The number of aliphatic hydroxyl groups excluding tert-OH is 1. The average molecular weight is 572 g/mol. The van der Waals surface area contributed by atoms with E-state index in [0.29, 0.717) is 49.1 Å². The Morgan fingerprint density at radius 2 is 1.90 bits per heavy atom. The number of amides is 1. The summed E-state index contributed by atoms with van der Waals surface area (Å²) in [5.74, 6) is 1.18. The number of ether oxygens (including phenoxy) is 2. The number of hydrogen-bond acceptors (Lipinski definition) is 6. The molecule has 1 aliphatic heterocycles. The Labute approximate surface area is 242 Å². The first-order valence-electron chi connectivity index (χ1n) is 13.5. The SMILES string of the molecule is Cc1ccc(OC(=O)N2CCc3c([nH]c4ccc(Cl)cc34)[C@@H]2c2ccc(OCCC(O)Cn3ccnn3)cc2)cc1. The Kier molecular flexibility index (Phi) is 7.63. The van der Waals surface area contributed by atoms with Gasteiger partial charge in [0.15, 0.2) is 0 Å². The number of carbonyl (C=O) groups excluding carboxylic acids is 1. The average Bonchev–Trinajstić information content (AvgIpc) is 3.61. The van der Waals surface area contributed by atoms with Gasteiger partial charge in [0.2, 0.25) is 0 Å². The van der Waals surface area contributed by atoms with Crippen molar-refractivity contribution in [1.82, 2.24) is 24.9 Å². The minimum atomic E-state index is -0.597. The third-order valence-electron chi connectivity index (χ3n) is 7.34. The van der Waals surface area contributed by atoms with Crippen LogP contribution in [0.3, 0.4) is 0 Å². The molecule has 0 radical (unpaired) electrons. The van der Waals surface area contributed by atoms with E-state index in [1.807, 2.05) is 61.5 Å². The van der Waals surface area contributed by atoms with Gasteiger partial charge in [-0.15, -0.1) is 5.10 Å². The number of nitrogens with zero attached hydrogens (tertiary/aromatic N) is 4. The summed E-state index contributed by atoms with van der Waals surface area (Å²) in [6.45, 7) is 3.19. The molecule has 3 heterocycles. The molecule has 41 heavy (non-hydrogen) atoms. The van der Waals surface area contributed by atoms with Crippen molar-refractivity contribution in [2.45, 2.75) is 38.5 Å². The molecule has 2 N–H and O–H groups in total. The summed E-state index contributed by atoms with van der Waals surface area (Å²) in [4.78, 5) is 18.8. The van der Waals surface area contributed by atoms with Gasteiger partial charge in [0, 0.05) is 40.8 Å². The molecule has 0 bridgehead atoms. The Bertz CT molecular complexity index is 1630. The Morgan fingerprint density at radius 1 is 1.12 bits per heavy atom. The van der Waals surface area contributed by atoms with Crippen LogP contribution in [0.25, 0.3) is 10.9 Å². The maximum Gasteiger partial charge on any atom is 0.416 e. The van der Waals surface area contributed by atoms with Gasteiger partial charge < -0.3 is 19.6 Å². The summed E-state index contributed by atoms with van der Waals surface area (Å²) in [6.07, 6.45) is 3.40. The lowest BCUT2D eigenvalue weighted by Gasteiger charge is -2.35.